The molecule has 0 spiro atoms. The van der Waals surface area contributed by atoms with Gasteiger partial charge in [-0.05, 0) is 23.8 Å². The summed E-state index contributed by atoms with van der Waals surface area (Å²) in [6, 6.07) is 11.7. The second kappa shape index (κ2) is 4.54. The van der Waals surface area contributed by atoms with Crippen LogP contribution in [0, 0.1) is 6.61 Å². The zero-order valence-electron chi connectivity index (χ0n) is 9.94. The van der Waals surface area contributed by atoms with Gasteiger partial charge in [-0.1, -0.05) is 29.8 Å². The van der Waals surface area contributed by atoms with E-state index in [2.05, 4.69) is 6.07 Å². The first-order valence-electron chi connectivity index (χ1n) is 5.74. The smallest absolute Gasteiger partial charge is 0.140 e. The largest absolute Gasteiger partial charge is 0.496 e. The molecule has 91 valence electrons. The van der Waals surface area contributed by atoms with Gasteiger partial charge in [0, 0.05) is 22.6 Å². The predicted octanol–water partition coefficient (Wildman–Crippen LogP) is 4.11. The third kappa shape index (κ3) is 1.83. The number of ether oxygens (including phenoxy) is 2. The fourth-order valence-electron chi connectivity index (χ4n) is 2.20. The standard InChI is InChI=1S/C15H12ClO2/c1-17-14-6-5-11(16)9-13(14)12-4-2-3-10-7-8-18-15(10)12/h2-6,8-9H,7H2,1H3. The zero-order valence-corrected chi connectivity index (χ0v) is 10.7. The molecule has 1 aliphatic heterocycles. The van der Waals surface area contributed by atoms with Crippen LogP contribution >= 0.6 is 11.6 Å². The Kier molecular flexibility index (Phi) is 2.88. The average molecular weight is 260 g/mol. The van der Waals surface area contributed by atoms with Crippen molar-refractivity contribution in [2.24, 2.45) is 0 Å². The predicted molar refractivity (Wildman–Crippen MR) is 72.1 cm³/mol. The summed E-state index contributed by atoms with van der Waals surface area (Å²) in [5, 5.41) is 0.686. The minimum absolute atomic E-state index is 0.686. The number of para-hydroxylation sites is 1. The minimum atomic E-state index is 0.686. The Morgan fingerprint density at radius 3 is 2.89 bits per heavy atom. The van der Waals surface area contributed by atoms with Crippen LogP contribution in [-0.4, -0.2) is 7.11 Å². The summed E-state index contributed by atoms with van der Waals surface area (Å²) in [7, 11) is 1.66. The molecule has 0 N–H and O–H groups in total. The lowest BCUT2D eigenvalue weighted by Gasteiger charge is -2.12. The summed E-state index contributed by atoms with van der Waals surface area (Å²) in [6.45, 7) is 1.81. The Hall–Kier alpha value is -1.67. The summed E-state index contributed by atoms with van der Waals surface area (Å²) in [5.41, 5.74) is 3.16. The van der Waals surface area contributed by atoms with Gasteiger partial charge in [0.05, 0.1) is 7.11 Å². The van der Waals surface area contributed by atoms with E-state index in [4.69, 9.17) is 21.1 Å². The maximum Gasteiger partial charge on any atom is 0.140 e. The lowest BCUT2D eigenvalue weighted by atomic mass is 10.0. The first-order chi connectivity index (χ1) is 8.79. The summed E-state index contributed by atoms with van der Waals surface area (Å²) >= 11 is 6.07. The maximum absolute atomic E-state index is 6.07. The van der Waals surface area contributed by atoms with Crippen LogP contribution in [0.3, 0.4) is 0 Å². The Labute approximate surface area is 111 Å². The topological polar surface area (TPSA) is 18.5 Å². The molecule has 0 fully saturated rings. The van der Waals surface area contributed by atoms with Crippen molar-refractivity contribution >= 4 is 11.6 Å². The minimum Gasteiger partial charge on any atom is -0.496 e. The zero-order chi connectivity index (χ0) is 12.5. The molecule has 0 amide bonds. The van der Waals surface area contributed by atoms with Crippen molar-refractivity contribution in [1.29, 1.82) is 0 Å². The van der Waals surface area contributed by atoms with Gasteiger partial charge in [0.25, 0.3) is 0 Å². The first-order valence-corrected chi connectivity index (χ1v) is 6.11. The van der Waals surface area contributed by atoms with Crippen LogP contribution in [-0.2, 0) is 6.42 Å². The molecule has 0 aliphatic carbocycles. The molecule has 3 rings (SSSR count). The number of benzene rings is 2. The van der Waals surface area contributed by atoms with E-state index in [1.54, 1.807) is 7.11 Å². The molecular weight excluding hydrogens is 248 g/mol. The number of halogens is 1. The van der Waals surface area contributed by atoms with Crippen LogP contribution in [0.5, 0.6) is 11.5 Å². The van der Waals surface area contributed by atoms with E-state index in [-0.39, 0.29) is 0 Å². The first kappa shape index (κ1) is 11.4. The van der Waals surface area contributed by atoms with Gasteiger partial charge in [0.1, 0.15) is 18.1 Å². The van der Waals surface area contributed by atoms with Crippen molar-refractivity contribution in [3.05, 3.63) is 53.6 Å². The summed E-state index contributed by atoms with van der Waals surface area (Å²) in [5.74, 6) is 1.70. The van der Waals surface area contributed by atoms with E-state index in [0.29, 0.717) is 5.02 Å². The number of hydrogen-bond acceptors (Lipinski definition) is 2. The normalized spacial score (nSPS) is 13.0. The fraction of sp³-hybridized carbons (Fsp3) is 0.133. The van der Waals surface area contributed by atoms with Crippen LogP contribution in [0.25, 0.3) is 11.1 Å². The lowest BCUT2D eigenvalue weighted by Crippen LogP contribution is -1.90. The molecule has 2 aromatic carbocycles. The van der Waals surface area contributed by atoms with E-state index in [0.717, 1.165) is 29.0 Å². The van der Waals surface area contributed by atoms with Gasteiger partial charge < -0.3 is 9.47 Å². The maximum atomic E-state index is 6.07. The average Bonchev–Trinajstić information content (AvgIpc) is 2.86. The molecule has 3 heteroatoms. The highest BCUT2D eigenvalue weighted by molar-refractivity contribution is 6.31. The molecule has 0 atom stereocenters. The Balaban J connectivity index is 2.21. The highest BCUT2D eigenvalue weighted by Crippen LogP contribution is 2.42. The molecule has 0 unspecified atom stereocenters. The molecule has 0 bridgehead atoms. The van der Waals surface area contributed by atoms with Crippen molar-refractivity contribution in [3.63, 3.8) is 0 Å². The molecule has 1 aliphatic rings. The molecule has 18 heavy (non-hydrogen) atoms. The number of methoxy groups -OCH3 is 1. The molecule has 0 saturated carbocycles. The Bertz CT molecular complexity index is 593. The van der Waals surface area contributed by atoms with Crippen molar-refractivity contribution < 1.29 is 9.47 Å². The van der Waals surface area contributed by atoms with Crippen LogP contribution in [0.1, 0.15) is 5.56 Å². The lowest BCUT2D eigenvalue weighted by molar-refractivity contribution is 0.415. The van der Waals surface area contributed by atoms with Gasteiger partial charge in [-0.15, -0.1) is 0 Å². The van der Waals surface area contributed by atoms with E-state index in [1.165, 1.54) is 5.56 Å². The molecule has 1 radical (unpaired) electrons. The molecule has 0 aromatic heterocycles. The Morgan fingerprint density at radius 2 is 2.06 bits per heavy atom. The SMILES string of the molecule is COc1ccc(Cl)cc1-c1cccc2c1O[CH]C2. The summed E-state index contributed by atoms with van der Waals surface area (Å²) < 4.78 is 11.0. The van der Waals surface area contributed by atoms with E-state index in [1.807, 2.05) is 36.9 Å². The van der Waals surface area contributed by atoms with Gasteiger partial charge in [0.2, 0.25) is 0 Å². The van der Waals surface area contributed by atoms with Gasteiger partial charge in [0.15, 0.2) is 0 Å². The van der Waals surface area contributed by atoms with Crippen LogP contribution in [0.2, 0.25) is 5.02 Å². The molecule has 2 aromatic rings. The van der Waals surface area contributed by atoms with Crippen molar-refractivity contribution in [3.8, 4) is 22.6 Å². The highest BCUT2D eigenvalue weighted by Gasteiger charge is 2.19. The van der Waals surface area contributed by atoms with Crippen LogP contribution < -0.4 is 9.47 Å². The third-order valence-electron chi connectivity index (χ3n) is 3.05. The number of rotatable bonds is 2. The Morgan fingerprint density at radius 1 is 1.17 bits per heavy atom. The van der Waals surface area contributed by atoms with Gasteiger partial charge in [-0.2, -0.15) is 0 Å². The van der Waals surface area contributed by atoms with Gasteiger partial charge >= 0.3 is 0 Å². The number of hydrogen-bond donors (Lipinski definition) is 0. The third-order valence-corrected chi connectivity index (χ3v) is 3.29. The van der Waals surface area contributed by atoms with E-state index in [9.17, 15) is 0 Å². The highest BCUT2D eigenvalue weighted by atomic mass is 35.5. The molecule has 0 saturated heterocycles. The van der Waals surface area contributed by atoms with Gasteiger partial charge in [-0.3, -0.25) is 0 Å². The van der Waals surface area contributed by atoms with Crippen molar-refractivity contribution in [2.75, 3.05) is 7.11 Å². The molecule has 1 heterocycles. The van der Waals surface area contributed by atoms with Crippen LogP contribution in [0.4, 0.5) is 0 Å². The van der Waals surface area contributed by atoms with E-state index >= 15 is 0 Å². The van der Waals surface area contributed by atoms with Gasteiger partial charge in [-0.25, -0.2) is 0 Å². The second-order valence-electron chi connectivity index (χ2n) is 4.13. The van der Waals surface area contributed by atoms with E-state index < -0.39 is 0 Å². The number of fused-ring (bicyclic) bond motifs is 1. The van der Waals surface area contributed by atoms with Crippen molar-refractivity contribution in [1.82, 2.24) is 0 Å². The summed E-state index contributed by atoms with van der Waals surface area (Å²) in [4.78, 5) is 0. The molecular formula is C15H12ClO2. The summed E-state index contributed by atoms with van der Waals surface area (Å²) in [6.07, 6.45) is 0.839. The van der Waals surface area contributed by atoms with Crippen LogP contribution in [0.15, 0.2) is 36.4 Å². The monoisotopic (exact) mass is 259 g/mol. The fourth-order valence-corrected chi connectivity index (χ4v) is 2.37. The second-order valence-corrected chi connectivity index (χ2v) is 4.56. The molecule has 2 nitrogen and oxygen atoms in total. The van der Waals surface area contributed by atoms with Crippen molar-refractivity contribution in [2.45, 2.75) is 6.42 Å². The quantitative estimate of drug-likeness (QED) is 0.808.